The van der Waals surface area contributed by atoms with E-state index < -0.39 is 0 Å². The van der Waals surface area contributed by atoms with Gasteiger partial charge in [-0.1, -0.05) is 18.2 Å². The van der Waals surface area contributed by atoms with Gasteiger partial charge in [-0.2, -0.15) is 0 Å². The summed E-state index contributed by atoms with van der Waals surface area (Å²) in [6.07, 6.45) is 3.68. The Hall–Kier alpha value is -1.28. The van der Waals surface area contributed by atoms with Gasteiger partial charge in [-0.25, -0.2) is 0 Å². The Balaban J connectivity index is 2.75. The second-order valence-electron chi connectivity index (χ2n) is 3.52. The smallest absolute Gasteiger partial charge is 0.118 e. The molecule has 0 amide bonds. The fourth-order valence-electron chi connectivity index (χ4n) is 1.37. The Bertz CT molecular complexity index is 320. The van der Waals surface area contributed by atoms with E-state index in [1.165, 1.54) is 0 Å². The maximum Gasteiger partial charge on any atom is 0.118 e. The van der Waals surface area contributed by atoms with Crippen LogP contribution in [-0.2, 0) is 0 Å². The molecule has 2 heteroatoms. The van der Waals surface area contributed by atoms with Gasteiger partial charge >= 0.3 is 0 Å². The highest BCUT2D eigenvalue weighted by molar-refractivity contribution is 5.36. The molecule has 0 unspecified atom stereocenters. The molecule has 2 nitrogen and oxygen atoms in total. The van der Waals surface area contributed by atoms with Crippen LogP contribution in [0.25, 0.3) is 0 Å². The largest absolute Gasteiger partial charge is 0.508 e. The minimum absolute atomic E-state index is 0.0345. The predicted octanol–water partition coefficient (Wildman–Crippen LogP) is 2.67. The van der Waals surface area contributed by atoms with Crippen LogP contribution in [-0.4, -0.2) is 5.11 Å². The van der Waals surface area contributed by atoms with Crippen LogP contribution >= 0.6 is 0 Å². The molecule has 0 aliphatic heterocycles. The number of aryl methyl sites for hydroxylation is 1. The number of aromatic hydroxyl groups is 1. The summed E-state index contributed by atoms with van der Waals surface area (Å²) in [4.78, 5) is 0. The number of nitrogens with two attached hydrogens (primary N) is 1. The Morgan fingerprint density at radius 2 is 2.29 bits per heavy atom. The molecular formula is C12H17NO. The third-order valence-corrected chi connectivity index (χ3v) is 2.33. The fourth-order valence-corrected chi connectivity index (χ4v) is 1.37. The molecule has 0 bridgehead atoms. The molecule has 1 aromatic carbocycles. The first kappa shape index (κ1) is 10.8. The summed E-state index contributed by atoms with van der Waals surface area (Å²) < 4.78 is 0. The number of benzene rings is 1. The summed E-state index contributed by atoms with van der Waals surface area (Å²) in [5.41, 5.74) is 7.91. The van der Waals surface area contributed by atoms with Crippen molar-refractivity contribution in [2.24, 2.45) is 5.73 Å². The lowest BCUT2D eigenvalue weighted by Gasteiger charge is -2.11. The highest BCUT2D eigenvalue weighted by atomic mass is 16.3. The van der Waals surface area contributed by atoms with Crippen molar-refractivity contribution in [3.05, 3.63) is 42.0 Å². The maximum absolute atomic E-state index is 9.34. The lowest BCUT2D eigenvalue weighted by atomic mass is 10.0. The molecule has 3 N–H and O–H groups in total. The van der Waals surface area contributed by atoms with E-state index in [9.17, 15) is 5.11 Å². The molecule has 0 radical (unpaired) electrons. The summed E-state index contributed by atoms with van der Waals surface area (Å²) in [7, 11) is 0. The van der Waals surface area contributed by atoms with Gasteiger partial charge in [0.1, 0.15) is 5.75 Å². The van der Waals surface area contributed by atoms with Crippen molar-refractivity contribution in [2.75, 3.05) is 0 Å². The van der Waals surface area contributed by atoms with Crippen LogP contribution in [0.3, 0.4) is 0 Å². The van der Waals surface area contributed by atoms with Crippen molar-refractivity contribution in [1.82, 2.24) is 0 Å². The molecule has 0 heterocycles. The van der Waals surface area contributed by atoms with Gasteiger partial charge in [-0.05, 0) is 37.0 Å². The molecule has 1 rings (SSSR count). The number of allylic oxidation sites excluding steroid dienone is 1. The normalized spacial score (nSPS) is 12.4. The molecule has 14 heavy (non-hydrogen) atoms. The van der Waals surface area contributed by atoms with Crippen molar-refractivity contribution >= 4 is 0 Å². The number of rotatable bonds is 4. The number of hydrogen-bond donors (Lipinski definition) is 2. The average Bonchev–Trinajstić information content (AvgIpc) is 2.18. The van der Waals surface area contributed by atoms with E-state index in [4.69, 9.17) is 5.73 Å². The van der Waals surface area contributed by atoms with Gasteiger partial charge in [0, 0.05) is 6.04 Å². The maximum atomic E-state index is 9.34. The Morgan fingerprint density at radius 3 is 2.86 bits per heavy atom. The zero-order valence-electron chi connectivity index (χ0n) is 8.53. The Morgan fingerprint density at radius 1 is 1.57 bits per heavy atom. The third kappa shape index (κ3) is 2.60. The van der Waals surface area contributed by atoms with E-state index in [2.05, 4.69) is 6.58 Å². The second kappa shape index (κ2) is 4.82. The standard InChI is InChI=1S/C12H17NO/c1-3-4-5-11(13)10-6-7-12(14)9(2)8-10/h3,6-8,11,14H,1,4-5,13H2,2H3/t11-/m1/s1. The van der Waals surface area contributed by atoms with Gasteiger partial charge in [-0.15, -0.1) is 6.58 Å². The van der Waals surface area contributed by atoms with Crippen molar-refractivity contribution in [3.8, 4) is 5.75 Å². The van der Waals surface area contributed by atoms with Gasteiger partial charge in [0.15, 0.2) is 0 Å². The van der Waals surface area contributed by atoms with Crippen molar-refractivity contribution in [2.45, 2.75) is 25.8 Å². The van der Waals surface area contributed by atoms with E-state index in [1.54, 1.807) is 6.07 Å². The van der Waals surface area contributed by atoms with Gasteiger partial charge in [0.2, 0.25) is 0 Å². The number of phenolic OH excluding ortho intramolecular Hbond substituents is 1. The molecule has 1 atom stereocenters. The highest BCUT2D eigenvalue weighted by Gasteiger charge is 2.06. The predicted molar refractivity (Wildman–Crippen MR) is 59.2 cm³/mol. The van der Waals surface area contributed by atoms with Crippen LogP contribution in [0, 0.1) is 6.92 Å². The summed E-state index contributed by atoms with van der Waals surface area (Å²) in [5, 5.41) is 9.34. The lowest BCUT2D eigenvalue weighted by Crippen LogP contribution is -2.09. The van der Waals surface area contributed by atoms with E-state index in [0.29, 0.717) is 5.75 Å². The highest BCUT2D eigenvalue weighted by Crippen LogP contribution is 2.22. The van der Waals surface area contributed by atoms with Crippen molar-refractivity contribution < 1.29 is 5.11 Å². The monoisotopic (exact) mass is 191 g/mol. The van der Waals surface area contributed by atoms with Crippen LogP contribution < -0.4 is 5.73 Å². The SMILES string of the molecule is C=CCC[C@@H](N)c1ccc(O)c(C)c1. The minimum atomic E-state index is 0.0345. The topological polar surface area (TPSA) is 46.2 Å². The van der Waals surface area contributed by atoms with E-state index in [-0.39, 0.29) is 6.04 Å². The minimum Gasteiger partial charge on any atom is -0.508 e. The van der Waals surface area contributed by atoms with Gasteiger partial charge in [0.05, 0.1) is 0 Å². The van der Waals surface area contributed by atoms with Crippen LogP contribution in [0.15, 0.2) is 30.9 Å². The van der Waals surface area contributed by atoms with Crippen molar-refractivity contribution in [3.63, 3.8) is 0 Å². The fraction of sp³-hybridized carbons (Fsp3) is 0.333. The first-order valence-corrected chi connectivity index (χ1v) is 4.81. The molecule has 76 valence electrons. The van der Waals surface area contributed by atoms with Gasteiger partial charge < -0.3 is 10.8 Å². The summed E-state index contributed by atoms with van der Waals surface area (Å²) >= 11 is 0. The van der Waals surface area contributed by atoms with Gasteiger partial charge in [0.25, 0.3) is 0 Å². The average molecular weight is 191 g/mol. The van der Waals surface area contributed by atoms with Crippen LogP contribution in [0.2, 0.25) is 0 Å². The quantitative estimate of drug-likeness (QED) is 0.719. The molecule has 0 saturated carbocycles. The molecule has 1 aromatic rings. The first-order valence-electron chi connectivity index (χ1n) is 4.81. The Labute approximate surface area is 85.1 Å². The van der Waals surface area contributed by atoms with E-state index in [0.717, 1.165) is 24.0 Å². The molecule has 0 saturated heterocycles. The van der Waals surface area contributed by atoms with Gasteiger partial charge in [-0.3, -0.25) is 0 Å². The zero-order chi connectivity index (χ0) is 10.6. The molecule has 0 aliphatic carbocycles. The van der Waals surface area contributed by atoms with Crippen LogP contribution in [0.1, 0.15) is 30.0 Å². The number of hydrogen-bond acceptors (Lipinski definition) is 2. The molecular weight excluding hydrogens is 174 g/mol. The third-order valence-electron chi connectivity index (χ3n) is 2.33. The van der Waals surface area contributed by atoms with E-state index in [1.807, 2.05) is 25.1 Å². The second-order valence-corrected chi connectivity index (χ2v) is 3.52. The summed E-state index contributed by atoms with van der Waals surface area (Å²) in [5.74, 6) is 0.324. The van der Waals surface area contributed by atoms with Crippen LogP contribution in [0.5, 0.6) is 5.75 Å². The number of phenols is 1. The molecule has 0 aromatic heterocycles. The first-order chi connectivity index (χ1) is 6.65. The zero-order valence-corrected chi connectivity index (χ0v) is 8.53. The lowest BCUT2D eigenvalue weighted by molar-refractivity contribution is 0.470. The summed E-state index contributed by atoms with van der Waals surface area (Å²) in [6, 6.07) is 5.53. The molecule has 0 fully saturated rings. The van der Waals surface area contributed by atoms with Crippen molar-refractivity contribution in [1.29, 1.82) is 0 Å². The molecule has 0 spiro atoms. The summed E-state index contributed by atoms with van der Waals surface area (Å²) in [6.45, 7) is 5.54. The molecule has 0 aliphatic rings. The van der Waals surface area contributed by atoms with Crippen LogP contribution in [0.4, 0.5) is 0 Å². The Kier molecular flexibility index (Phi) is 3.72. The van der Waals surface area contributed by atoms with E-state index >= 15 is 0 Å².